The van der Waals surface area contributed by atoms with Crippen LogP contribution in [0, 0.1) is 0 Å². The zero-order valence-corrected chi connectivity index (χ0v) is 13.2. The maximum Gasteiger partial charge on any atom is 0.227 e. The fourth-order valence-electron chi connectivity index (χ4n) is 1.84. The molecule has 0 aliphatic rings. The molecular formula is C13H22N8. The van der Waals surface area contributed by atoms with E-state index in [4.69, 9.17) is 5.73 Å². The lowest BCUT2D eigenvalue weighted by atomic mass is 10.3. The number of nitrogen functional groups attached to an aromatic ring is 1. The van der Waals surface area contributed by atoms with E-state index in [2.05, 4.69) is 32.2 Å². The van der Waals surface area contributed by atoms with E-state index in [1.165, 1.54) is 0 Å². The summed E-state index contributed by atoms with van der Waals surface area (Å²) < 4.78 is 0. The number of rotatable bonds is 5. The van der Waals surface area contributed by atoms with Crippen molar-refractivity contribution in [2.75, 3.05) is 55.6 Å². The largest absolute Gasteiger partial charge is 0.382 e. The van der Waals surface area contributed by atoms with Crippen molar-refractivity contribution in [3.05, 3.63) is 0 Å². The standard InChI is InChI=1S/C13H22N8/c1-6-7-15-12-16-9-8(10(14)18-12)17-13(21(4)5)19-11(9)20(2)3/h6-7H2,1-5H3,(H3,14,15,16,18). The van der Waals surface area contributed by atoms with E-state index < -0.39 is 0 Å². The smallest absolute Gasteiger partial charge is 0.227 e. The minimum atomic E-state index is 0.354. The minimum Gasteiger partial charge on any atom is -0.382 e. The number of fused-ring (bicyclic) bond motifs is 1. The van der Waals surface area contributed by atoms with Crippen LogP contribution in [-0.2, 0) is 0 Å². The molecule has 0 aromatic carbocycles. The molecule has 2 aromatic heterocycles. The molecule has 8 nitrogen and oxygen atoms in total. The summed E-state index contributed by atoms with van der Waals surface area (Å²) in [7, 11) is 7.60. The van der Waals surface area contributed by atoms with Crippen LogP contribution in [0.25, 0.3) is 11.0 Å². The van der Waals surface area contributed by atoms with Gasteiger partial charge in [-0.3, -0.25) is 0 Å². The second kappa shape index (κ2) is 5.94. The maximum absolute atomic E-state index is 6.05. The van der Waals surface area contributed by atoms with E-state index in [0.29, 0.717) is 28.7 Å². The van der Waals surface area contributed by atoms with Gasteiger partial charge in [0.1, 0.15) is 11.0 Å². The topological polar surface area (TPSA) is 96.1 Å². The number of aromatic nitrogens is 4. The molecule has 0 saturated carbocycles. The molecule has 0 unspecified atom stereocenters. The van der Waals surface area contributed by atoms with Gasteiger partial charge in [-0.25, -0.2) is 9.97 Å². The highest BCUT2D eigenvalue weighted by Crippen LogP contribution is 2.27. The first kappa shape index (κ1) is 15.0. The molecule has 8 heteroatoms. The predicted octanol–water partition coefficient (Wildman–Crippen LogP) is 0.956. The highest BCUT2D eigenvalue weighted by molar-refractivity contribution is 5.93. The Hall–Kier alpha value is -2.38. The summed E-state index contributed by atoms with van der Waals surface area (Å²) >= 11 is 0. The van der Waals surface area contributed by atoms with Gasteiger partial charge in [-0.2, -0.15) is 9.97 Å². The van der Waals surface area contributed by atoms with Gasteiger partial charge in [0.05, 0.1) is 0 Å². The zero-order chi connectivity index (χ0) is 15.6. The Balaban J connectivity index is 2.66. The summed E-state index contributed by atoms with van der Waals surface area (Å²) in [5.41, 5.74) is 7.27. The quantitative estimate of drug-likeness (QED) is 0.840. The van der Waals surface area contributed by atoms with Crippen LogP contribution in [0.5, 0.6) is 0 Å². The van der Waals surface area contributed by atoms with Crippen LogP contribution in [0.15, 0.2) is 0 Å². The molecule has 0 amide bonds. The highest BCUT2D eigenvalue weighted by atomic mass is 15.3. The SMILES string of the molecule is CCCNc1nc(N)c2nc(N(C)C)nc(N(C)C)c2n1. The fourth-order valence-corrected chi connectivity index (χ4v) is 1.84. The van der Waals surface area contributed by atoms with E-state index in [0.717, 1.165) is 18.8 Å². The molecule has 0 bridgehead atoms. The van der Waals surface area contributed by atoms with Crippen LogP contribution in [0.4, 0.5) is 23.5 Å². The van der Waals surface area contributed by atoms with Crippen LogP contribution in [0.1, 0.15) is 13.3 Å². The van der Waals surface area contributed by atoms with Crippen molar-refractivity contribution < 1.29 is 0 Å². The normalized spacial score (nSPS) is 10.7. The number of hydrogen-bond donors (Lipinski definition) is 2. The first-order chi connectivity index (χ1) is 9.93. The molecule has 0 aliphatic heterocycles. The van der Waals surface area contributed by atoms with Crippen LogP contribution in [-0.4, -0.2) is 54.7 Å². The summed E-state index contributed by atoms with van der Waals surface area (Å²) in [6, 6.07) is 0. The molecule has 0 saturated heterocycles. The lowest BCUT2D eigenvalue weighted by molar-refractivity contribution is 0.951. The second-order valence-electron chi connectivity index (χ2n) is 5.19. The summed E-state index contributed by atoms with van der Waals surface area (Å²) in [5, 5.41) is 3.14. The van der Waals surface area contributed by atoms with Crippen molar-refractivity contribution in [2.45, 2.75) is 13.3 Å². The third-order valence-corrected chi connectivity index (χ3v) is 2.90. The molecule has 0 atom stereocenters. The molecule has 2 aromatic rings. The van der Waals surface area contributed by atoms with E-state index in [1.54, 1.807) is 0 Å². The van der Waals surface area contributed by atoms with Gasteiger partial charge < -0.3 is 20.9 Å². The molecule has 3 N–H and O–H groups in total. The first-order valence-electron chi connectivity index (χ1n) is 6.87. The highest BCUT2D eigenvalue weighted by Gasteiger charge is 2.16. The van der Waals surface area contributed by atoms with E-state index in [-0.39, 0.29) is 0 Å². The van der Waals surface area contributed by atoms with Crippen molar-refractivity contribution in [2.24, 2.45) is 0 Å². The van der Waals surface area contributed by atoms with Crippen molar-refractivity contribution >= 4 is 34.6 Å². The van der Waals surface area contributed by atoms with Gasteiger partial charge in [0.15, 0.2) is 11.6 Å². The number of nitrogens with zero attached hydrogens (tertiary/aromatic N) is 6. The summed E-state index contributed by atoms with van der Waals surface area (Å²) in [4.78, 5) is 21.5. The summed E-state index contributed by atoms with van der Waals surface area (Å²) in [6.45, 7) is 2.87. The number of nitrogens with two attached hydrogens (primary N) is 1. The van der Waals surface area contributed by atoms with Gasteiger partial charge in [0, 0.05) is 34.7 Å². The summed E-state index contributed by atoms with van der Waals surface area (Å²) in [5.74, 6) is 2.16. The second-order valence-corrected chi connectivity index (χ2v) is 5.19. The van der Waals surface area contributed by atoms with E-state index >= 15 is 0 Å². The molecular weight excluding hydrogens is 268 g/mol. The van der Waals surface area contributed by atoms with Gasteiger partial charge in [0.2, 0.25) is 11.9 Å². The molecule has 0 aliphatic carbocycles. The number of nitrogens with one attached hydrogen (secondary N) is 1. The molecule has 21 heavy (non-hydrogen) atoms. The van der Waals surface area contributed by atoms with Crippen LogP contribution in [0.3, 0.4) is 0 Å². The van der Waals surface area contributed by atoms with Crippen molar-refractivity contribution in [3.63, 3.8) is 0 Å². The zero-order valence-electron chi connectivity index (χ0n) is 13.2. The van der Waals surface area contributed by atoms with Crippen LogP contribution < -0.4 is 20.9 Å². The van der Waals surface area contributed by atoms with Gasteiger partial charge in [0.25, 0.3) is 0 Å². The minimum absolute atomic E-state index is 0.354. The van der Waals surface area contributed by atoms with E-state index in [1.807, 2.05) is 38.0 Å². The maximum atomic E-state index is 6.05. The molecule has 0 spiro atoms. The third-order valence-electron chi connectivity index (χ3n) is 2.90. The average Bonchev–Trinajstić information content (AvgIpc) is 2.43. The Labute approximate surface area is 124 Å². The van der Waals surface area contributed by atoms with Crippen molar-refractivity contribution in [1.29, 1.82) is 0 Å². The van der Waals surface area contributed by atoms with Crippen LogP contribution in [0.2, 0.25) is 0 Å². The number of hydrogen-bond acceptors (Lipinski definition) is 8. The Morgan fingerprint density at radius 3 is 2.24 bits per heavy atom. The van der Waals surface area contributed by atoms with E-state index in [9.17, 15) is 0 Å². The lowest BCUT2D eigenvalue weighted by Crippen LogP contribution is -2.19. The Morgan fingerprint density at radius 2 is 1.67 bits per heavy atom. The van der Waals surface area contributed by atoms with Gasteiger partial charge in [-0.05, 0) is 6.42 Å². The lowest BCUT2D eigenvalue weighted by Gasteiger charge is -2.18. The Morgan fingerprint density at radius 1 is 0.952 bits per heavy atom. The first-order valence-corrected chi connectivity index (χ1v) is 6.87. The van der Waals surface area contributed by atoms with Crippen molar-refractivity contribution in [3.8, 4) is 0 Å². The third kappa shape index (κ3) is 3.04. The summed E-state index contributed by atoms with van der Waals surface area (Å²) in [6.07, 6.45) is 0.984. The Bertz CT molecular complexity index is 638. The number of anilines is 4. The molecule has 2 rings (SSSR count). The van der Waals surface area contributed by atoms with Gasteiger partial charge in [-0.1, -0.05) is 6.92 Å². The molecule has 114 valence electrons. The van der Waals surface area contributed by atoms with Crippen LogP contribution >= 0.6 is 0 Å². The average molecular weight is 290 g/mol. The fraction of sp³-hybridized carbons (Fsp3) is 0.538. The van der Waals surface area contributed by atoms with Crippen molar-refractivity contribution in [1.82, 2.24) is 19.9 Å². The monoisotopic (exact) mass is 290 g/mol. The van der Waals surface area contributed by atoms with Gasteiger partial charge >= 0.3 is 0 Å². The Kier molecular flexibility index (Phi) is 4.25. The predicted molar refractivity (Wildman–Crippen MR) is 87.0 cm³/mol. The molecule has 0 fully saturated rings. The van der Waals surface area contributed by atoms with Gasteiger partial charge in [-0.15, -0.1) is 0 Å². The molecule has 0 radical (unpaired) electrons. The molecule has 2 heterocycles.